The van der Waals surface area contributed by atoms with Gasteiger partial charge < -0.3 is 9.97 Å². The van der Waals surface area contributed by atoms with Crippen LogP contribution < -0.4 is 5.56 Å². The van der Waals surface area contributed by atoms with Crippen LogP contribution >= 0.6 is 12.4 Å². The third-order valence-electron chi connectivity index (χ3n) is 2.33. The highest BCUT2D eigenvalue weighted by Crippen LogP contribution is 2.18. The number of pyridine rings is 1. The summed E-state index contributed by atoms with van der Waals surface area (Å²) in [4.78, 5) is 21.3. The summed E-state index contributed by atoms with van der Waals surface area (Å²) < 4.78 is 0. The largest absolute Gasteiger partial charge is 0.345 e. The SMILES string of the molecule is Cl.O=c1[nH]ccc2ccc3[nH]cnc3c12. The van der Waals surface area contributed by atoms with Crippen molar-refractivity contribution >= 4 is 34.2 Å². The Morgan fingerprint density at radius 1 is 1.13 bits per heavy atom. The van der Waals surface area contributed by atoms with Crippen LogP contribution in [0.25, 0.3) is 21.8 Å². The topological polar surface area (TPSA) is 61.5 Å². The number of nitrogens with zero attached hydrogens (tertiary/aromatic N) is 1. The van der Waals surface area contributed by atoms with Crippen molar-refractivity contribution in [2.24, 2.45) is 0 Å². The number of imidazole rings is 1. The quantitative estimate of drug-likeness (QED) is 0.608. The molecule has 4 nitrogen and oxygen atoms in total. The number of nitrogens with one attached hydrogen (secondary N) is 2. The van der Waals surface area contributed by atoms with Crippen LogP contribution in [0.2, 0.25) is 0 Å². The zero-order valence-electron chi connectivity index (χ0n) is 7.65. The Morgan fingerprint density at radius 3 is 2.87 bits per heavy atom. The molecule has 2 aromatic heterocycles. The highest BCUT2D eigenvalue weighted by atomic mass is 35.5. The lowest BCUT2D eigenvalue weighted by Crippen LogP contribution is -2.04. The van der Waals surface area contributed by atoms with E-state index in [0.717, 1.165) is 16.4 Å². The molecule has 0 aliphatic heterocycles. The third-order valence-corrected chi connectivity index (χ3v) is 2.33. The van der Waals surface area contributed by atoms with Crippen LogP contribution in [0.1, 0.15) is 0 Å². The fraction of sp³-hybridized carbons (Fsp3) is 0. The summed E-state index contributed by atoms with van der Waals surface area (Å²) in [7, 11) is 0. The van der Waals surface area contributed by atoms with Gasteiger partial charge in [-0.25, -0.2) is 4.98 Å². The molecule has 2 heterocycles. The molecule has 15 heavy (non-hydrogen) atoms. The first-order valence-corrected chi connectivity index (χ1v) is 4.30. The standard InChI is InChI=1S/C10H7N3O.ClH/c14-10-8-6(3-4-11-10)1-2-7-9(8)13-5-12-7;/h1-5H,(H,11,14)(H,12,13);1H. The van der Waals surface area contributed by atoms with Crippen LogP contribution in [-0.2, 0) is 0 Å². The molecule has 0 bridgehead atoms. The molecule has 0 spiro atoms. The van der Waals surface area contributed by atoms with E-state index in [1.54, 1.807) is 12.5 Å². The second-order valence-corrected chi connectivity index (χ2v) is 3.14. The predicted octanol–water partition coefficient (Wildman–Crippen LogP) is 1.83. The molecule has 5 heteroatoms. The summed E-state index contributed by atoms with van der Waals surface area (Å²) in [5.41, 5.74) is 1.51. The van der Waals surface area contributed by atoms with E-state index in [1.165, 1.54) is 0 Å². The average molecular weight is 222 g/mol. The molecule has 0 atom stereocenters. The maximum absolute atomic E-state index is 11.6. The highest BCUT2D eigenvalue weighted by molar-refractivity contribution is 6.03. The first-order chi connectivity index (χ1) is 6.86. The van der Waals surface area contributed by atoms with Crippen molar-refractivity contribution in [2.75, 3.05) is 0 Å². The van der Waals surface area contributed by atoms with Crippen molar-refractivity contribution in [3.63, 3.8) is 0 Å². The van der Waals surface area contributed by atoms with E-state index < -0.39 is 0 Å². The van der Waals surface area contributed by atoms with Crippen LogP contribution in [0, 0.1) is 0 Å². The Labute approximate surface area is 90.8 Å². The van der Waals surface area contributed by atoms with Gasteiger partial charge in [-0.05, 0) is 17.5 Å². The smallest absolute Gasteiger partial charge is 0.258 e. The summed E-state index contributed by atoms with van der Waals surface area (Å²) in [6.07, 6.45) is 3.24. The number of aromatic amines is 2. The molecule has 0 saturated carbocycles. The number of fused-ring (bicyclic) bond motifs is 3. The van der Waals surface area contributed by atoms with Crippen LogP contribution in [0.15, 0.2) is 35.5 Å². The van der Waals surface area contributed by atoms with Crippen LogP contribution in [-0.4, -0.2) is 15.0 Å². The number of aromatic nitrogens is 3. The predicted molar refractivity (Wildman–Crippen MR) is 61.5 cm³/mol. The maximum Gasteiger partial charge on any atom is 0.258 e. The summed E-state index contributed by atoms with van der Waals surface area (Å²) in [6.45, 7) is 0. The summed E-state index contributed by atoms with van der Waals surface area (Å²) in [5, 5.41) is 1.56. The van der Waals surface area contributed by atoms with Gasteiger partial charge in [0.25, 0.3) is 5.56 Å². The summed E-state index contributed by atoms with van der Waals surface area (Å²) >= 11 is 0. The Bertz CT molecular complexity index is 671. The monoisotopic (exact) mass is 221 g/mol. The van der Waals surface area contributed by atoms with Crippen LogP contribution in [0.3, 0.4) is 0 Å². The lowest BCUT2D eigenvalue weighted by molar-refractivity contribution is 1.28. The zero-order chi connectivity index (χ0) is 9.54. The zero-order valence-corrected chi connectivity index (χ0v) is 8.47. The van der Waals surface area contributed by atoms with Crippen molar-refractivity contribution < 1.29 is 0 Å². The van der Waals surface area contributed by atoms with Gasteiger partial charge in [-0.3, -0.25) is 4.79 Å². The molecule has 1 aromatic carbocycles. The van der Waals surface area contributed by atoms with Crippen LogP contribution in [0.4, 0.5) is 0 Å². The molecule has 0 unspecified atom stereocenters. The number of halogens is 1. The number of hydrogen-bond acceptors (Lipinski definition) is 2. The lowest BCUT2D eigenvalue weighted by Gasteiger charge is -1.95. The molecule has 0 aliphatic rings. The molecule has 0 radical (unpaired) electrons. The fourth-order valence-electron chi connectivity index (χ4n) is 1.68. The molecule has 0 saturated heterocycles. The molecule has 0 amide bonds. The third kappa shape index (κ3) is 1.30. The lowest BCUT2D eigenvalue weighted by atomic mass is 10.1. The Morgan fingerprint density at radius 2 is 2.00 bits per heavy atom. The second-order valence-electron chi connectivity index (χ2n) is 3.14. The fourth-order valence-corrected chi connectivity index (χ4v) is 1.68. The maximum atomic E-state index is 11.6. The number of rotatable bonds is 0. The van der Waals surface area contributed by atoms with Crippen molar-refractivity contribution in [1.29, 1.82) is 0 Å². The minimum absolute atomic E-state index is 0. The van der Waals surface area contributed by atoms with E-state index in [-0.39, 0.29) is 18.0 Å². The van der Waals surface area contributed by atoms with Gasteiger partial charge in [-0.1, -0.05) is 6.07 Å². The van der Waals surface area contributed by atoms with E-state index in [2.05, 4.69) is 15.0 Å². The summed E-state index contributed by atoms with van der Waals surface area (Å²) in [6, 6.07) is 5.69. The molecular weight excluding hydrogens is 214 g/mol. The Kier molecular flexibility index (Phi) is 2.21. The van der Waals surface area contributed by atoms with E-state index in [0.29, 0.717) is 5.39 Å². The van der Waals surface area contributed by atoms with Gasteiger partial charge in [0.2, 0.25) is 0 Å². The van der Waals surface area contributed by atoms with Gasteiger partial charge in [0.1, 0.15) is 5.52 Å². The van der Waals surface area contributed by atoms with Gasteiger partial charge in [0.05, 0.1) is 17.2 Å². The molecular formula is C10H8ClN3O. The van der Waals surface area contributed by atoms with Crippen molar-refractivity contribution in [3.8, 4) is 0 Å². The van der Waals surface area contributed by atoms with E-state index in [1.807, 2.05) is 18.2 Å². The molecule has 2 N–H and O–H groups in total. The van der Waals surface area contributed by atoms with E-state index in [4.69, 9.17) is 0 Å². The molecule has 3 rings (SSSR count). The average Bonchev–Trinajstić information content (AvgIpc) is 2.65. The Balaban J connectivity index is 0.000000853. The molecule has 3 aromatic rings. The van der Waals surface area contributed by atoms with Crippen LogP contribution in [0.5, 0.6) is 0 Å². The highest BCUT2D eigenvalue weighted by Gasteiger charge is 2.04. The van der Waals surface area contributed by atoms with Gasteiger partial charge in [-0.15, -0.1) is 12.4 Å². The summed E-state index contributed by atoms with van der Waals surface area (Å²) in [5.74, 6) is 0. The van der Waals surface area contributed by atoms with Gasteiger partial charge in [-0.2, -0.15) is 0 Å². The van der Waals surface area contributed by atoms with E-state index in [9.17, 15) is 4.79 Å². The van der Waals surface area contributed by atoms with Crippen molar-refractivity contribution in [3.05, 3.63) is 41.1 Å². The first kappa shape index (κ1) is 9.73. The molecule has 76 valence electrons. The minimum Gasteiger partial charge on any atom is -0.345 e. The molecule has 0 aliphatic carbocycles. The number of benzene rings is 1. The second kappa shape index (κ2) is 3.40. The number of H-pyrrole nitrogens is 2. The van der Waals surface area contributed by atoms with Gasteiger partial charge >= 0.3 is 0 Å². The van der Waals surface area contributed by atoms with Crippen molar-refractivity contribution in [1.82, 2.24) is 15.0 Å². The normalized spacial score (nSPS) is 10.4. The van der Waals surface area contributed by atoms with Gasteiger partial charge in [0, 0.05) is 6.20 Å². The Hall–Kier alpha value is -1.81. The van der Waals surface area contributed by atoms with Gasteiger partial charge in [0.15, 0.2) is 0 Å². The van der Waals surface area contributed by atoms with E-state index >= 15 is 0 Å². The van der Waals surface area contributed by atoms with Crippen molar-refractivity contribution in [2.45, 2.75) is 0 Å². The first-order valence-electron chi connectivity index (χ1n) is 4.30. The number of hydrogen-bond donors (Lipinski definition) is 2. The minimum atomic E-state index is -0.0970. The molecule has 0 fully saturated rings.